The summed E-state index contributed by atoms with van der Waals surface area (Å²) in [6, 6.07) is 8.41. The van der Waals surface area contributed by atoms with E-state index in [0.717, 1.165) is 0 Å². The van der Waals surface area contributed by atoms with Crippen LogP contribution in [0, 0.1) is 17.0 Å². The normalized spacial score (nSPS) is 11.3. The maximum Gasteiger partial charge on any atom is 0.273 e. The molecule has 0 aliphatic rings. The monoisotopic (exact) mass is 420 g/mol. The molecule has 1 N–H and O–H groups in total. The molecule has 0 unspecified atom stereocenters. The van der Waals surface area contributed by atoms with E-state index in [9.17, 15) is 23.3 Å². The lowest BCUT2D eigenvalue weighted by Gasteiger charge is -2.16. The molecule has 2 aromatic carbocycles. The molecule has 0 aliphatic heterocycles. The topological polar surface area (TPSA) is 116 Å². The van der Waals surface area contributed by atoms with Crippen LogP contribution in [0.3, 0.4) is 0 Å². The largest absolute Gasteiger partial charge is 0.495 e. The zero-order valence-electron chi connectivity index (χ0n) is 16.8. The molecule has 0 radical (unpaired) electrons. The Morgan fingerprint density at radius 1 is 1.17 bits per heavy atom. The summed E-state index contributed by atoms with van der Waals surface area (Å²) in [5.41, 5.74) is 0.516. The van der Waals surface area contributed by atoms with Crippen molar-refractivity contribution in [2.45, 2.75) is 43.8 Å². The third-order valence-corrected chi connectivity index (χ3v) is 7.22. The second kappa shape index (κ2) is 9.04. The Morgan fingerprint density at radius 2 is 1.83 bits per heavy atom. The third kappa shape index (κ3) is 4.73. The van der Waals surface area contributed by atoms with Crippen molar-refractivity contribution in [3.05, 3.63) is 57.6 Å². The summed E-state index contributed by atoms with van der Waals surface area (Å²) in [5, 5.41) is 13.2. The van der Waals surface area contributed by atoms with Crippen molar-refractivity contribution in [2.24, 2.45) is 0 Å². The van der Waals surface area contributed by atoms with E-state index < -0.39 is 25.9 Å². The Morgan fingerprint density at radius 3 is 2.38 bits per heavy atom. The zero-order chi connectivity index (χ0) is 21.8. The smallest absolute Gasteiger partial charge is 0.273 e. The van der Waals surface area contributed by atoms with Crippen LogP contribution in [0.4, 0.5) is 11.4 Å². The fraction of sp³-hybridized carbons (Fsp3) is 0.350. The molecule has 156 valence electrons. The number of ether oxygens (including phenoxy) is 1. The predicted octanol–water partition coefficient (Wildman–Crippen LogP) is 4.13. The number of benzene rings is 2. The number of nitro benzene ring substituents is 1. The Bertz CT molecular complexity index is 1030. The van der Waals surface area contributed by atoms with E-state index in [-0.39, 0.29) is 27.6 Å². The summed E-state index contributed by atoms with van der Waals surface area (Å²) in [6.45, 7) is 5.19. The second-order valence-electron chi connectivity index (χ2n) is 6.56. The fourth-order valence-electron chi connectivity index (χ4n) is 3.02. The van der Waals surface area contributed by atoms with Crippen molar-refractivity contribution >= 4 is 27.1 Å². The molecule has 0 aromatic heterocycles. The van der Waals surface area contributed by atoms with Crippen LogP contribution in [0.5, 0.6) is 5.75 Å². The van der Waals surface area contributed by atoms with Crippen LogP contribution >= 0.6 is 0 Å². The van der Waals surface area contributed by atoms with E-state index in [4.69, 9.17) is 4.74 Å². The second-order valence-corrected chi connectivity index (χ2v) is 8.79. The van der Waals surface area contributed by atoms with Gasteiger partial charge in [-0.1, -0.05) is 19.9 Å². The molecular weight excluding hydrogens is 396 g/mol. The van der Waals surface area contributed by atoms with Gasteiger partial charge in [0.25, 0.3) is 11.6 Å². The number of carbonyl (C=O) groups excluding carboxylic acids is 1. The van der Waals surface area contributed by atoms with Gasteiger partial charge in [-0.15, -0.1) is 0 Å². The van der Waals surface area contributed by atoms with Crippen molar-refractivity contribution in [3.8, 4) is 5.75 Å². The Balaban J connectivity index is 2.43. The minimum absolute atomic E-state index is 0.0807. The van der Waals surface area contributed by atoms with Gasteiger partial charge in [0.05, 0.1) is 27.9 Å². The molecule has 0 fully saturated rings. The van der Waals surface area contributed by atoms with Crippen LogP contribution in [0.1, 0.15) is 42.6 Å². The Labute approximate surface area is 170 Å². The number of methoxy groups -OCH3 is 1. The number of hydrogen-bond acceptors (Lipinski definition) is 6. The first-order valence-corrected chi connectivity index (χ1v) is 10.7. The molecule has 8 nitrogen and oxygen atoms in total. The van der Waals surface area contributed by atoms with Crippen molar-refractivity contribution in [1.82, 2.24) is 0 Å². The first kappa shape index (κ1) is 22.4. The summed E-state index contributed by atoms with van der Waals surface area (Å²) in [5.74, 6) is -0.327. The SMILES string of the molecule is CCC(CC)S(=O)(=O)c1ccc(OC)c(NC(=O)c2ccc(C)c([N+](=O)[O-])c2)c1. The van der Waals surface area contributed by atoms with Crippen LogP contribution in [0.25, 0.3) is 0 Å². The summed E-state index contributed by atoms with van der Waals surface area (Å²) in [6.07, 6.45) is 0.944. The van der Waals surface area contributed by atoms with Crippen LogP contribution < -0.4 is 10.1 Å². The average Bonchev–Trinajstić information content (AvgIpc) is 2.68. The van der Waals surface area contributed by atoms with Crippen LogP contribution in [-0.2, 0) is 9.84 Å². The highest BCUT2D eigenvalue weighted by Crippen LogP contribution is 2.31. The number of nitro groups is 1. The molecule has 0 aliphatic carbocycles. The maximum atomic E-state index is 12.8. The minimum atomic E-state index is -3.57. The number of anilines is 1. The van der Waals surface area contributed by atoms with Crippen molar-refractivity contribution in [3.63, 3.8) is 0 Å². The van der Waals surface area contributed by atoms with E-state index in [1.807, 2.05) is 13.8 Å². The van der Waals surface area contributed by atoms with Gasteiger partial charge in [-0.05, 0) is 44.0 Å². The molecule has 0 saturated carbocycles. The van der Waals surface area contributed by atoms with E-state index in [1.54, 1.807) is 6.92 Å². The molecule has 29 heavy (non-hydrogen) atoms. The van der Waals surface area contributed by atoms with Crippen LogP contribution in [0.2, 0.25) is 0 Å². The average molecular weight is 420 g/mol. The molecule has 1 amide bonds. The van der Waals surface area contributed by atoms with Gasteiger partial charge in [0.2, 0.25) is 0 Å². The molecule has 0 atom stereocenters. The van der Waals surface area contributed by atoms with Gasteiger partial charge in [0.1, 0.15) is 5.75 Å². The lowest BCUT2D eigenvalue weighted by molar-refractivity contribution is -0.385. The molecule has 0 saturated heterocycles. The zero-order valence-corrected chi connectivity index (χ0v) is 17.6. The lowest BCUT2D eigenvalue weighted by Crippen LogP contribution is -2.20. The summed E-state index contributed by atoms with van der Waals surface area (Å²) in [4.78, 5) is 23.3. The van der Waals surface area contributed by atoms with Crippen molar-refractivity contribution in [1.29, 1.82) is 0 Å². The molecule has 0 spiro atoms. The van der Waals surface area contributed by atoms with Crippen molar-refractivity contribution < 1.29 is 22.9 Å². The van der Waals surface area contributed by atoms with Crippen LogP contribution in [0.15, 0.2) is 41.3 Å². The van der Waals surface area contributed by atoms with E-state index in [0.29, 0.717) is 18.4 Å². The summed E-state index contributed by atoms with van der Waals surface area (Å²) < 4.78 is 30.9. The van der Waals surface area contributed by atoms with Gasteiger partial charge < -0.3 is 10.1 Å². The van der Waals surface area contributed by atoms with E-state index in [1.165, 1.54) is 43.5 Å². The van der Waals surface area contributed by atoms with Gasteiger partial charge in [-0.25, -0.2) is 8.42 Å². The molecule has 0 bridgehead atoms. The number of amides is 1. The quantitative estimate of drug-likeness (QED) is 0.507. The highest BCUT2D eigenvalue weighted by atomic mass is 32.2. The van der Waals surface area contributed by atoms with E-state index in [2.05, 4.69) is 5.32 Å². The van der Waals surface area contributed by atoms with Crippen LogP contribution in [-0.4, -0.2) is 31.6 Å². The molecule has 2 rings (SSSR count). The Hall–Kier alpha value is -2.94. The molecule has 2 aromatic rings. The summed E-state index contributed by atoms with van der Waals surface area (Å²) in [7, 11) is -2.17. The number of nitrogens with zero attached hydrogens (tertiary/aromatic N) is 1. The van der Waals surface area contributed by atoms with Gasteiger partial charge >= 0.3 is 0 Å². The highest BCUT2D eigenvalue weighted by molar-refractivity contribution is 7.92. The number of nitrogens with one attached hydrogen (secondary N) is 1. The number of sulfone groups is 1. The first-order valence-electron chi connectivity index (χ1n) is 9.14. The predicted molar refractivity (Wildman–Crippen MR) is 110 cm³/mol. The standard InChI is InChI=1S/C20H24N2O6S/c1-5-15(6-2)29(26,27)16-9-10-19(28-4)17(12-16)21-20(23)14-8-7-13(3)18(11-14)22(24)25/h7-12,15H,5-6H2,1-4H3,(H,21,23). The minimum Gasteiger partial charge on any atom is -0.495 e. The molecular formula is C20H24N2O6S. The third-order valence-electron chi connectivity index (χ3n) is 4.77. The highest BCUT2D eigenvalue weighted by Gasteiger charge is 2.26. The van der Waals surface area contributed by atoms with Gasteiger partial charge in [-0.3, -0.25) is 14.9 Å². The lowest BCUT2D eigenvalue weighted by atomic mass is 10.1. The first-order chi connectivity index (χ1) is 13.6. The van der Waals surface area contributed by atoms with E-state index >= 15 is 0 Å². The number of carbonyl (C=O) groups is 1. The molecule has 0 heterocycles. The van der Waals surface area contributed by atoms with Crippen molar-refractivity contribution in [2.75, 3.05) is 12.4 Å². The van der Waals surface area contributed by atoms with Gasteiger partial charge in [-0.2, -0.15) is 0 Å². The molecule has 9 heteroatoms. The fourth-order valence-corrected chi connectivity index (χ4v) is 4.83. The number of hydrogen-bond donors (Lipinski definition) is 1. The number of rotatable bonds is 8. The number of aryl methyl sites for hydroxylation is 1. The maximum absolute atomic E-state index is 12.8. The summed E-state index contributed by atoms with van der Waals surface area (Å²) >= 11 is 0. The van der Waals surface area contributed by atoms with Gasteiger partial charge in [0.15, 0.2) is 9.84 Å². The Kier molecular flexibility index (Phi) is 6.97. The van der Waals surface area contributed by atoms with Gasteiger partial charge in [0, 0.05) is 17.2 Å².